The first-order valence-corrected chi connectivity index (χ1v) is 7.81. The van der Waals surface area contributed by atoms with E-state index in [1.54, 1.807) is 0 Å². The first kappa shape index (κ1) is 13.5. The van der Waals surface area contributed by atoms with Crippen molar-refractivity contribution in [1.29, 1.82) is 0 Å². The van der Waals surface area contributed by atoms with Crippen LogP contribution in [-0.2, 0) is 20.3 Å². The van der Waals surface area contributed by atoms with Gasteiger partial charge in [0.25, 0.3) is 0 Å². The molecular formula is C13H19NO3S. The number of hydrogen-bond acceptors (Lipinski definition) is 4. The predicted octanol–water partition coefficient (Wildman–Crippen LogP) is 1.03. The lowest BCUT2D eigenvalue weighted by atomic mass is 10.1. The molecule has 5 heteroatoms. The number of aryl methyl sites for hydroxylation is 1. The van der Waals surface area contributed by atoms with E-state index in [9.17, 15) is 8.42 Å². The van der Waals surface area contributed by atoms with Gasteiger partial charge in [-0.2, -0.15) is 0 Å². The van der Waals surface area contributed by atoms with Crippen LogP contribution in [-0.4, -0.2) is 32.9 Å². The fourth-order valence-corrected chi connectivity index (χ4v) is 4.14. The highest BCUT2D eigenvalue weighted by Crippen LogP contribution is 2.20. The zero-order chi connectivity index (χ0) is 13.2. The number of hydrogen-bond donors (Lipinski definition) is 1. The van der Waals surface area contributed by atoms with Crippen molar-refractivity contribution in [1.82, 2.24) is 0 Å². The van der Waals surface area contributed by atoms with Gasteiger partial charge >= 0.3 is 0 Å². The van der Waals surface area contributed by atoms with E-state index >= 15 is 0 Å². The number of nitrogens with two attached hydrogens (primary N) is 1. The second-order valence-corrected chi connectivity index (χ2v) is 7.02. The van der Waals surface area contributed by atoms with Gasteiger partial charge in [0.1, 0.15) is 5.25 Å². The number of sulfone groups is 1. The van der Waals surface area contributed by atoms with Crippen molar-refractivity contribution in [3.05, 3.63) is 35.4 Å². The molecule has 0 aliphatic carbocycles. The zero-order valence-corrected chi connectivity index (χ0v) is 11.3. The minimum absolute atomic E-state index is 0.0431. The molecule has 2 rings (SSSR count). The second-order valence-electron chi connectivity index (χ2n) is 4.80. The van der Waals surface area contributed by atoms with E-state index in [-0.39, 0.29) is 18.4 Å². The molecule has 0 spiro atoms. The van der Waals surface area contributed by atoms with Crippen LogP contribution < -0.4 is 5.73 Å². The molecule has 0 aromatic heterocycles. The highest BCUT2D eigenvalue weighted by atomic mass is 32.2. The van der Waals surface area contributed by atoms with Crippen LogP contribution in [0.25, 0.3) is 0 Å². The van der Waals surface area contributed by atoms with Gasteiger partial charge in [-0.25, -0.2) is 8.42 Å². The maximum Gasteiger partial charge on any atom is 0.161 e. The Kier molecular flexibility index (Phi) is 4.04. The van der Waals surface area contributed by atoms with Crippen LogP contribution in [0.15, 0.2) is 24.3 Å². The Bertz CT molecular complexity index is 513. The SMILES string of the molecule is Cc1ccccc1CS(=O)(=O)C1COCCC1N. The summed E-state index contributed by atoms with van der Waals surface area (Å²) in [4.78, 5) is 0. The van der Waals surface area contributed by atoms with Crippen LogP contribution in [0.4, 0.5) is 0 Å². The Morgan fingerprint density at radius 2 is 2.11 bits per heavy atom. The van der Waals surface area contributed by atoms with Gasteiger partial charge < -0.3 is 10.5 Å². The van der Waals surface area contributed by atoms with Crippen molar-refractivity contribution in [3.8, 4) is 0 Å². The largest absolute Gasteiger partial charge is 0.380 e. The molecule has 4 nitrogen and oxygen atoms in total. The van der Waals surface area contributed by atoms with Crippen molar-refractivity contribution >= 4 is 9.84 Å². The maximum absolute atomic E-state index is 12.4. The quantitative estimate of drug-likeness (QED) is 0.889. The molecule has 0 radical (unpaired) electrons. The molecule has 2 N–H and O–H groups in total. The molecule has 2 atom stereocenters. The molecule has 1 aromatic rings. The maximum atomic E-state index is 12.4. The summed E-state index contributed by atoms with van der Waals surface area (Å²) in [5, 5.41) is -0.578. The van der Waals surface area contributed by atoms with Crippen LogP contribution in [0.1, 0.15) is 17.5 Å². The molecule has 1 aliphatic heterocycles. The summed E-state index contributed by atoms with van der Waals surface area (Å²) in [6, 6.07) is 7.22. The molecule has 0 amide bonds. The lowest BCUT2D eigenvalue weighted by Crippen LogP contribution is -2.48. The summed E-state index contributed by atoms with van der Waals surface area (Å²) >= 11 is 0. The van der Waals surface area contributed by atoms with E-state index in [1.807, 2.05) is 31.2 Å². The van der Waals surface area contributed by atoms with Gasteiger partial charge in [-0.15, -0.1) is 0 Å². The van der Waals surface area contributed by atoms with Crippen LogP contribution in [0.5, 0.6) is 0 Å². The molecule has 1 fully saturated rings. The Labute approximate surface area is 108 Å². The molecule has 1 aliphatic rings. The summed E-state index contributed by atoms with van der Waals surface area (Å²) in [6.07, 6.45) is 0.609. The van der Waals surface area contributed by atoms with E-state index in [1.165, 1.54) is 0 Å². The van der Waals surface area contributed by atoms with Crippen molar-refractivity contribution in [3.63, 3.8) is 0 Å². The second kappa shape index (κ2) is 5.38. The van der Waals surface area contributed by atoms with Crippen molar-refractivity contribution in [2.45, 2.75) is 30.4 Å². The smallest absolute Gasteiger partial charge is 0.161 e. The third-order valence-electron chi connectivity index (χ3n) is 3.43. The Balaban J connectivity index is 2.19. The van der Waals surface area contributed by atoms with Gasteiger partial charge in [0.2, 0.25) is 0 Å². The van der Waals surface area contributed by atoms with Crippen LogP contribution in [0.2, 0.25) is 0 Å². The van der Waals surface area contributed by atoms with Crippen LogP contribution >= 0.6 is 0 Å². The van der Waals surface area contributed by atoms with Crippen LogP contribution in [0.3, 0.4) is 0 Å². The first-order chi connectivity index (χ1) is 8.50. The molecule has 0 bridgehead atoms. The average Bonchev–Trinajstić information content (AvgIpc) is 2.32. The number of ether oxygens (including phenoxy) is 1. The van der Waals surface area contributed by atoms with E-state index in [4.69, 9.17) is 10.5 Å². The molecule has 0 saturated carbocycles. The highest BCUT2D eigenvalue weighted by molar-refractivity contribution is 7.91. The normalized spacial score (nSPS) is 25.0. The zero-order valence-electron chi connectivity index (χ0n) is 10.5. The third kappa shape index (κ3) is 2.91. The van der Waals surface area contributed by atoms with E-state index < -0.39 is 15.1 Å². The molecule has 18 heavy (non-hydrogen) atoms. The van der Waals surface area contributed by atoms with Gasteiger partial charge in [-0.3, -0.25) is 0 Å². The van der Waals surface area contributed by atoms with E-state index in [2.05, 4.69) is 0 Å². The number of rotatable bonds is 3. The minimum atomic E-state index is -3.26. The standard InChI is InChI=1S/C13H19NO3S/c1-10-4-2-3-5-11(10)9-18(15,16)13-8-17-7-6-12(13)14/h2-5,12-13H,6-9,14H2,1H3. The summed E-state index contributed by atoms with van der Waals surface area (Å²) in [5.41, 5.74) is 7.73. The van der Waals surface area contributed by atoms with Gasteiger partial charge in [-0.1, -0.05) is 24.3 Å². The van der Waals surface area contributed by atoms with Crippen molar-refractivity contribution < 1.29 is 13.2 Å². The lowest BCUT2D eigenvalue weighted by molar-refractivity contribution is 0.0891. The molecular weight excluding hydrogens is 250 g/mol. The van der Waals surface area contributed by atoms with Crippen LogP contribution in [0, 0.1) is 6.92 Å². The fraction of sp³-hybridized carbons (Fsp3) is 0.538. The summed E-state index contributed by atoms with van der Waals surface area (Å²) in [6.45, 7) is 2.69. The summed E-state index contributed by atoms with van der Waals surface area (Å²) in [5.74, 6) is 0.0431. The Morgan fingerprint density at radius 3 is 2.78 bits per heavy atom. The minimum Gasteiger partial charge on any atom is -0.380 e. The summed E-state index contributed by atoms with van der Waals surface area (Å²) in [7, 11) is -3.26. The number of benzene rings is 1. The molecule has 100 valence electrons. The van der Waals surface area contributed by atoms with Gasteiger partial charge in [0.15, 0.2) is 9.84 Å². The van der Waals surface area contributed by atoms with Gasteiger partial charge in [0.05, 0.1) is 12.4 Å². The molecule has 1 saturated heterocycles. The van der Waals surface area contributed by atoms with E-state index in [0.717, 1.165) is 11.1 Å². The van der Waals surface area contributed by atoms with Crippen molar-refractivity contribution in [2.24, 2.45) is 5.73 Å². The average molecular weight is 269 g/mol. The third-order valence-corrected chi connectivity index (χ3v) is 5.56. The van der Waals surface area contributed by atoms with Crippen molar-refractivity contribution in [2.75, 3.05) is 13.2 Å². The Morgan fingerprint density at radius 1 is 1.39 bits per heavy atom. The van der Waals surface area contributed by atoms with Gasteiger partial charge in [-0.05, 0) is 24.5 Å². The fourth-order valence-electron chi connectivity index (χ4n) is 2.19. The summed E-state index contributed by atoms with van der Waals surface area (Å²) < 4.78 is 30.0. The first-order valence-electron chi connectivity index (χ1n) is 6.10. The predicted molar refractivity (Wildman–Crippen MR) is 71.0 cm³/mol. The Hall–Kier alpha value is -0.910. The molecule has 2 unspecified atom stereocenters. The topological polar surface area (TPSA) is 69.4 Å². The molecule has 1 heterocycles. The monoisotopic (exact) mass is 269 g/mol. The van der Waals surface area contributed by atoms with E-state index in [0.29, 0.717) is 13.0 Å². The lowest BCUT2D eigenvalue weighted by Gasteiger charge is -2.28. The molecule has 1 aromatic carbocycles. The highest BCUT2D eigenvalue weighted by Gasteiger charge is 2.34. The van der Waals surface area contributed by atoms with Gasteiger partial charge in [0, 0.05) is 12.6 Å².